The zero-order chi connectivity index (χ0) is 21.7. The van der Waals surface area contributed by atoms with E-state index in [1.807, 2.05) is 36.4 Å². The topological polar surface area (TPSA) is 61.1 Å². The highest BCUT2D eigenvalue weighted by Gasteiger charge is 2.17. The Morgan fingerprint density at radius 2 is 1.60 bits per heavy atom. The third-order valence-corrected chi connectivity index (χ3v) is 4.94. The quantitative estimate of drug-likeness (QED) is 0.513. The first-order chi connectivity index (χ1) is 14.4. The van der Waals surface area contributed by atoms with E-state index in [0.29, 0.717) is 34.6 Å². The highest BCUT2D eigenvalue weighted by molar-refractivity contribution is 6.30. The molecule has 3 aromatic rings. The van der Waals surface area contributed by atoms with Gasteiger partial charge in [-0.3, -0.25) is 4.79 Å². The lowest BCUT2D eigenvalue weighted by atomic mass is 10.1. The van der Waals surface area contributed by atoms with Crippen LogP contribution in [0, 0.1) is 0 Å². The molecule has 0 N–H and O–H groups in total. The van der Waals surface area contributed by atoms with E-state index in [2.05, 4.69) is 0 Å². The van der Waals surface area contributed by atoms with E-state index in [1.165, 1.54) is 0 Å². The average Bonchev–Trinajstić information content (AvgIpc) is 3.21. The Hall–Kier alpha value is -3.12. The Bertz CT molecular complexity index is 988. The van der Waals surface area contributed by atoms with Gasteiger partial charge >= 0.3 is 0 Å². The van der Waals surface area contributed by atoms with Gasteiger partial charge in [0.25, 0.3) is 0 Å². The minimum atomic E-state index is -0.0614. The first-order valence-electron chi connectivity index (χ1n) is 9.32. The van der Waals surface area contributed by atoms with Gasteiger partial charge in [0.1, 0.15) is 11.5 Å². The number of hydrogen-bond acceptors (Lipinski definition) is 5. The number of benzene rings is 2. The highest BCUT2D eigenvalue weighted by atomic mass is 35.5. The summed E-state index contributed by atoms with van der Waals surface area (Å²) in [5.41, 5.74) is 1.69. The molecule has 0 aliphatic heterocycles. The molecule has 0 unspecified atom stereocenters. The van der Waals surface area contributed by atoms with Crippen molar-refractivity contribution in [2.45, 2.75) is 13.0 Å². The van der Waals surface area contributed by atoms with Gasteiger partial charge < -0.3 is 23.5 Å². The molecule has 2 aromatic carbocycles. The number of ether oxygens (including phenoxy) is 3. The van der Waals surface area contributed by atoms with Crippen LogP contribution in [0.15, 0.2) is 52.9 Å². The number of likely N-dealkylation sites (N-methyl/N-ethyl adjacent to an activating group) is 1. The van der Waals surface area contributed by atoms with Gasteiger partial charge in [-0.05, 0) is 54.1 Å². The second kappa shape index (κ2) is 9.59. The summed E-state index contributed by atoms with van der Waals surface area (Å²) in [5.74, 6) is 2.89. The van der Waals surface area contributed by atoms with Crippen LogP contribution in [0.3, 0.4) is 0 Å². The molecule has 0 saturated heterocycles. The highest BCUT2D eigenvalue weighted by Crippen LogP contribution is 2.38. The molecule has 0 radical (unpaired) electrons. The van der Waals surface area contributed by atoms with E-state index < -0.39 is 0 Å². The number of amides is 1. The number of carbonyl (C=O) groups is 1. The van der Waals surface area contributed by atoms with Crippen LogP contribution in [-0.4, -0.2) is 39.2 Å². The normalized spacial score (nSPS) is 10.6. The van der Waals surface area contributed by atoms with E-state index in [0.717, 1.165) is 16.9 Å². The van der Waals surface area contributed by atoms with Gasteiger partial charge in [0.05, 0.1) is 34.3 Å². The van der Waals surface area contributed by atoms with Crippen molar-refractivity contribution in [3.05, 3.63) is 64.9 Å². The van der Waals surface area contributed by atoms with Gasteiger partial charge in [0.15, 0.2) is 11.5 Å². The Balaban J connectivity index is 1.69. The molecule has 7 heteroatoms. The molecule has 1 amide bonds. The fourth-order valence-corrected chi connectivity index (χ4v) is 3.23. The lowest BCUT2D eigenvalue weighted by Crippen LogP contribution is -2.27. The van der Waals surface area contributed by atoms with Crippen molar-refractivity contribution in [1.29, 1.82) is 0 Å². The minimum Gasteiger partial charge on any atom is -0.493 e. The van der Waals surface area contributed by atoms with Crippen LogP contribution in [0.5, 0.6) is 17.2 Å². The van der Waals surface area contributed by atoms with Crippen LogP contribution in [-0.2, 0) is 17.8 Å². The summed E-state index contributed by atoms with van der Waals surface area (Å²) in [6, 6.07) is 14.7. The maximum Gasteiger partial charge on any atom is 0.227 e. The van der Waals surface area contributed by atoms with E-state index in [-0.39, 0.29) is 12.3 Å². The number of furan rings is 1. The SMILES string of the molecule is COc1cc(CC(=O)N(C)Cc2ccc(-c3ccc(Cl)cc3)o2)cc(OC)c1OC. The molecule has 1 heterocycles. The first-order valence-corrected chi connectivity index (χ1v) is 9.70. The maximum atomic E-state index is 12.7. The Morgan fingerprint density at radius 1 is 0.967 bits per heavy atom. The van der Waals surface area contributed by atoms with Crippen molar-refractivity contribution in [1.82, 2.24) is 4.90 Å². The Kier molecular flexibility index (Phi) is 6.90. The summed E-state index contributed by atoms with van der Waals surface area (Å²) in [6.45, 7) is 0.358. The molecule has 0 saturated carbocycles. The molecule has 3 rings (SSSR count). The molecule has 0 aliphatic rings. The number of rotatable bonds is 8. The number of halogens is 1. The molecular formula is C23H24ClNO5. The van der Waals surface area contributed by atoms with Gasteiger partial charge in [-0.15, -0.1) is 0 Å². The fourth-order valence-electron chi connectivity index (χ4n) is 3.10. The number of methoxy groups -OCH3 is 3. The summed E-state index contributed by atoms with van der Waals surface area (Å²) in [5, 5.41) is 0.669. The lowest BCUT2D eigenvalue weighted by molar-refractivity contribution is -0.129. The van der Waals surface area contributed by atoms with E-state index in [1.54, 1.807) is 45.4 Å². The van der Waals surface area contributed by atoms with Crippen LogP contribution in [0.4, 0.5) is 0 Å². The predicted molar refractivity (Wildman–Crippen MR) is 115 cm³/mol. The fraction of sp³-hybridized carbons (Fsp3) is 0.261. The van der Waals surface area contributed by atoms with Crippen molar-refractivity contribution in [2.24, 2.45) is 0 Å². The lowest BCUT2D eigenvalue weighted by Gasteiger charge is -2.17. The van der Waals surface area contributed by atoms with E-state index in [4.69, 9.17) is 30.2 Å². The third-order valence-electron chi connectivity index (χ3n) is 4.69. The van der Waals surface area contributed by atoms with Gasteiger partial charge in [0, 0.05) is 17.6 Å². The van der Waals surface area contributed by atoms with E-state index in [9.17, 15) is 4.79 Å². The number of carbonyl (C=O) groups excluding carboxylic acids is 1. The van der Waals surface area contributed by atoms with Gasteiger partial charge in [-0.2, -0.15) is 0 Å². The molecule has 1 aromatic heterocycles. The van der Waals surface area contributed by atoms with Gasteiger partial charge in [-0.25, -0.2) is 0 Å². The molecule has 0 fully saturated rings. The molecule has 0 spiro atoms. The molecular weight excluding hydrogens is 406 g/mol. The van der Waals surface area contributed by atoms with Gasteiger partial charge in [-0.1, -0.05) is 11.6 Å². The number of nitrogens with zero attached hydrogens (tertiary/aromatic N) is 1. The largest absolute Gasteiger partial charge is 0.493 e. The zero-order valence-electron chi connectivity index (χ0n) is 17.4. The molecule has 0 aliphatic carbocycles. The smallest absolute Gasteiger partial charge is 0.227 e. The summed E-state index contributed by atoms with van der Waals surface area (Å²) >= 11 is 5.93. The van der Waals surface area contributed by atoms with Crippen LogP contribution in [0.1, 0.15) is 11.3 Å². The molecule has 0 bridgehead atoms. The number of hydrogen-bond donors (Lipinski definition) is 0. The third kappa shape index (κ3) is 4.89. The Morgan fingerprint density at radius 3 is 2.17 bits per heavy atom. The van der Waals surface area contributed by atoms with Crippen molar-refractivity contribution in [3.63, 3.8) is 0 Å². The van der Waals surface area contributed by atoms with Crippen LogP contribution in [0.2, 0.25) is 5.02 Å². The van der Waals surface area contributed by atoms with Gasteiger partial charge in [0.2, 0.25) is 11.7 Å². The van der Waals surface area contributed by atoms with Crippen LogP contribution in [0.25, 0.3) is 11.3 Å². The predicted octanol–water partition coefficient (Wildman–Crippen LogP) is 4.83. The summed E-state index contributed by atoms with van der Waals surface area (Å²) in [7, 11) is 6.37. The summed E-state index contributed by atoms with van der Waals surface area (Å²) in [4.78, 5) is 14.4. The summed E-state index contributed by atoms with van der Waals surface area (Å²) in [6.07, 6.45) is 0.192. The first kappa shape index (κ1) is 21.6. The van der Waals surface area contributed by atoms with Crippen molar-refractivity contribution >= 4 is 17.5 Å². The van der Waals surface area contributed by atoms with Crippen molar-refractivity contribution in [2.75, 3.05) is 28.4 Å². The van der Waals surface area contributed by atoms with E-state index >= 15 is 0 Å². The van der Waals surface area contributed by atoms with Crippen molar-refractivity contribution < 1.29 is 23.4 Å². The molecule has 30 heavy (non-hydrogen) atoms. The van der Waals surface area contributed by atoms with Crippen molar-refractivity contribution in [3.8, 4) is 28.6 Å². The average molecular weight is 430 g/mol. The second-order valence-electron chi connectivity index (χ2n) is 6.73. The molecule has 0 atom stereocenters. The minimum absolute atomic E-state index is 0.0614. The summed E-state index contributed by atoms with van der Waals surface area (Å²) < 4.78 is 21.9. The zero-order valence-corrected chi connectivity index (χ0v) is 18.2. The molecule has 6 nitrogen and oxygen atoms in total. The monoisotopic (exact) mass is 429 g/mol. The second-order valence-corrected chi connectivity index (χ2v) is 7.17. The maximum absolute atomic E-state index is 12.7. The van der Waals surface area contributed by atoms with Crippen LogP contribution >= 0.6 is 11.6 Å². The van der Waals surface area contributed by atoms with Crippen LogP contribution < -0.4 is 14.2 Å². The Labute approximate surface area is 180 Å². The molecule has 158 valence electrons. The standard InChI is InChI=1S/C23H24ClNO5/c1-25(14-18-9-10-19(30-18)16-5-7-17(24)8-6-16)22(26)13-15-11-20(27-2)23(29-4)21(12-15)28-3/h5-12H,13-14H2,1-4H3.